The third-order valence-electron chi connectivity index (χ3n) is 21.8. The molecule has 7 aliphatic rings. The Morgan fingerprint density at radius 2 is 0.645 bits per heavy atom. The van der Waals surface area contributed by atoms with Gasteiger partial charge in [-0.05, 0) is 243 Å². The Labute approximate surface area is 653 Å². The number of hydrogen-bond donors (Lipinski definition) is 10. The van der Waals surface area contributed by atoms with Gasteiger partial charge in [0, 0.05) is 63.4 Å². The molecule has 11 rings (SSSR count). The molecule has 10 nitrogen and oxygen atoms in total. The van der Waals surface area contributed by atoms with Crippen molar-refractivity contribution in [1.29, 1.82) is 0 Å². The van der Waals surface area contributed by atoms with Crippen molar-refractivity contribution in [2.45, 2.75) is 264 Å². The van der Waals surface area contributed by atoms with E-state index in [1.54, 1.807) is 27.9 Å². The first-order chi connectivity index (χ1) is 52.9. The molecule has 2 saturated carbocycles. The van der Waals surface area contributed by atoms with Crippen molar-refractivity contribution >= 4 is 0 Å². The Bertz CT molecular complexity index is 3220. The fourth-order valence-electron chi connectivity index (χ4n) is 15.5. The zero-order chi connectivity index (χ0) is 74.9. The standard InChI is InChI=1S/C25H32N2.C23H34N2.C19H28N2.C17H30N2.C13H24N2/c1-2-26-24(22-16-8-4-9-17-22)25(23-18-10-5-11-19-23)27-20-12-15-21-13-6-3-7-14-21;1-19-13-15-21(16-14-19)18-25-23-12-6-5-11-22(23)24-17-7-10-20-8-3-2-4-9-20;1-17-9-11-19(12-10-17)16-21-15-14-20-13-5-8-18-6-3-2-4-7-18;1-2-18-16-12-6-7-13-17(16)19-14-8-11-15-9-4-3-5-10-15;1-2-14-11-12-15-10-6-9-13-7-4-3-5-8-13/h3-6,8-11,14,16-19,24-27H,2,7,12-13,15,20H2,1H3;2-3,9,13-16,22-25H,4-8,10-12,17-18H2,1H3;2-3,7,9-12,20-21H,4-6,8,13-16H2,1H3;3-4,10,16-19H,2,5-9,11-14H2,1H3;3-4,8,14-15H,2,5-7,9-12H2,1H3. The van der Waals surface area contributed by atoms with Crippen LogP contribution in [0.2, 0.25) is 0 Å². The van der Waals surface area contributed by atoms with E-state index in [2.05, 4.69) is 288 Å². The molecular formula is C97H148N10. The van der Waals surface area contributed by atoms with E-state index in [0.717, 1.165) is 130 Å². The Balaban J connectivity index is 0.000000189. The Hall–Kier alpha value is -6.12. The number of hydrogen-bond acceptors (Lipinski definition) is 10. The normalized spacial score (nSPS) is 19.3. The van der Waals surface area contributed by atoms with Crippen LogP contribution in [0, 0.1) is 13.8 Å². The van der Waals surface area contributed by atoms with Crippen molar-refractivity contribution in [1.82, 2.24) is 53.2 Å². The van der Waals surface area contributed by atoms with E-state index >= 15 is 0 Å². The summed E-state index contributed by atoms with van der Waals surface area (Å²) in [6, 6.07) is 42.5. The molecule has 0 amide bonds. The van der Waals surface area contributed by atoms with Crippen LogP contribution in [-0.4, -0.2) is 103 Å². The van der Waals surface area contributed by atoms with Crippen LogP contribution in [0.15, 0.2) is 228 Å². The largest absolute Gasteiger partial charge is 0.316 e. The molecule has 6 atom stereocenters. The summed E-state index contributed by atoms with van der Waals surface area (Å²) in [6.07, 6.45) is 69.6. The molecule has 2 fully saturated rings. The molecule has 0 spiro atoms. The van der Waals surface area contributed by atoms with Crippen LogP contribution in [0.5, 0.6) is 0 Å². The SMILES string of the molecule is CCNC(c1ccccc1)C(NCCCC1=CCC=CC1)c1ccccc1.CCNC1CCCCC1NCCCC1=CCC=CC1.CCNCCNCCCC1=CCC=CC1.Cc1ccc(CNC2CCCCC2NCCCC2=CCC=CC2)cc1.Cc1ccc(CNCCNCCCC2=CCC=CC2)cc1. The fraction of sp³-hybridized carbons (Fsp3) is 0.546. The lowest BCUT2D eigenvalue weighted by molar-refractivity contribution is 0.282. The van der Waals surface area contributed by atoms with Gasteiger partial charge in [-0.15, -0.1) is 0 Å². The van der Waals surface area contributed by atoms with Gasteiger partial charge in [0.25, 0.3) is 0 Å². The van der Waals surface area contributed by atoms with Crippen molar-refractivity contribution in [2.24, 2.45) is 0 Å². The molecular weight excluding hydrogens is 1310 g/mol. The van der Waals surface area contributed by atoms with Gasteiger partial charge in [-0.1, -0.05) is 286 Å². The third kappa shape index (κ3) is 39.4. The highest BCUT2D eigenvalue weighted by molar-refractivity contribution is 5.29. The number of aryl methyl sites for hydroxylation is 2. The summed E-state index contributed by atoms with van der Waals surface area (Å²) in [7, 11) is 0. The first kappa shape index (κ1) is 88.1. The van der Waals surface area contributed by atoms with E-state index < -0.39 is 0 Å². The average Bonchev–Trinajstić information content (AvgIpc) is 0.836. The van der Waals surface area contributed by atoms with Crippen LogP contribution in [-0.2, 0) is 13.1 Å². The lowest BCUT2D eigenvalue weighted by atomic mass is 9.90. The van der Waals surface area contributed by atoms with Gasteiger partial charge in [-0.25, -0.2) is 0 Å². The zero-order valence-corrected chi connectivity index (χ0v) is 67.7. The second-order valence-corrected chi connectivity index (χ2v) is 30.5. The highest BCUT2D eigenvalue weighted by Crippen LogP contribution is 2.30. The van der Waals surface area contributed by atoms with Crippen LogP contribution in [0.4, 0.5) is 0 Å². The van der Waals surface area contributed by atoms with E-state index in [4.69, 9.17) is 0 Å². The van der Waals surface area contributed by atoms with Gasteiger partial charge in [-0.2, -0.15) is 0 Å². The highest BCUT2D eigenvalue weighted by atomic mass is 15.0. The van der Waals surface area contributed by atoms with Gasteiger partial charge in [-0.3, -0.25) is 0 Å². The van der Waals surface area contributed by atoms with Gasteiger partial charge in [0.15, 0.2) is 0 Å². The smallest absolute Gasteiger partial charge is 0.0518 e. The first-order valence-corrected chi connectivity index (χ1v) is 43.0. The molecule has 586 valence electrons. The minimum Gasteiger partial charge on any atom is -0.316 e. The highest BCUT2D eigenvalue weighted by Gasteiger charge is 2.26. The summed E-state index contributed by atoms with van der Waals surface area (Å²) in [5, 5.41) is 36.4. The van der Waals surface area contributed by atoms with E-state index in [1.165, 1.54) is 175 Å². The van der Waals surface area contributed by atoms with Gasteiger partial charge in [0.1, 0.15) is 0 Å². The fourth-order valence-corrected chi connectivity index (χ4v) is 15.5. The maximum absolute atomic E-state index is 3.85. The van der Waals surface area contributed by atoms with Crippen molar-refractivity contribution in [3.05, 3.63) is 262 Å². The molecule has 0 aromatic heterocycles. The summed E-state index contributed by atoms with van der Waals surface area (Å²) >= 11 is 0. The van der Waals surface area contributed by atoms with Crippen molar-refractivity contribution in [2.75, 3.05) is 78.5 Å². The maximum Gasteiger partial charge on any atom is 0.0518 e. The third-order valence-corrected chi connectivity index (χ3v) is 21.8. The van der Waals surface area contributed by atoms with E-state index in [0.29, 0.717) is 24.2 Å². The zero-order valence-electron chi connectivity index (χ0n) is 67.7. The van der Waals surface area contributed by atoms with Crippen molar-refractivity contribution in [3.8, 4) is 0 Å². The minimum atomic E-state index is 0.258. The lowest BCUT2D eigenvalue weighted by Crippen LogP contribution is -2.49. The monoisotopic (exact) mass is 1450 g/mol. The second kappa shape index (κ2) is 57.9. The number of nitrogens with one attached hydrogen (secondary N) is 10. The molecule has 107 heavy (non-hydrogen) atoms. The average molecular weight is 1450 g/mol. The Morgan fingerprint density at radius 1 is 0.299 bits per heavy atom. The predicted octanol–water partition coefficient (Wildman–Crippen LogP) is 20.3. The quantitative estimate of drug-likeness (QED) is 0.0155. The van der Waals surface area contributed by atoms with Crippen LogP contribution in [0.25, 0.3) is 0 Å². The number of allylic oxidation sites excluding steroid dienone is 20. The molecule has 7 aliphatic carbocycles. The molecule has 6 unspecified atom stereocenters. The minimum absolute atomic E-state index is 0.258. The summed E-state index contributed by atoms with van der Waals surface area (Å²) < 4.78 is 0. The molecule has 0 bridgehead atoms. The molecule has 0 heterocycles. The van der Waals surface area contributed by atoms with E-state index in [9.17, 15) is 0 Å². The van der Waals surface area contributed by atoms with E-state index in [-0.39, 0.29) is 12.1 Å². The van der Waals surface area contributed by atoms with Gasteiger partial charge >= 0.3 is 0 Å². The van der Waals surface area contributed by atoms with Crippen molar-refractivity contribution in [3.63, 3.8) is 0 Å². The van der Waals surface area contributed by atoms with Crippen LogP contribution in [0.3, 0.4) is 0 Å². The molecule has 4 aromatic carbocycles. The van der Waals surface area contributed by atoms with Crippen LogP contribution < -0.4 is 53.2 Å². The molecule has 0 aliphatic heterocycles. The summed E-state index contributed by atoms with van der Waals surface area (Å²) in [5.41, 5.74) is 16.2. The number of likely N-dealkylation sites (N-methyl/N-ethyl adjacent to an activating group) is 3. The predicted molar refractivity (Wildman–Crippen MR) is 465 cm³/mol. The first-order valence-electron chi connectivity index (χ1n) is 43.0. The van der Waals surface area contributed by atoms with Crippen LogP contribution >= 0.6 is 0 Å². The molecule has 4 aromatic rings. The van der Waals surface area contributed by atoms with Gasteiger partial charge in [0.2, 0.25) is 0 Å². The van der Waals surface area contributed by atoms with Crippen LogP contribution in [0.1, 0.15) is 246 Å². The van der Waals surface area contributed by atoms with Gasteiger partial charge < -0.3 is 53.2 Å². The lowest BCUT2D eigenvalue weighted by Gasteiger charge is -2.33. The topological polar surface area (TPSA) is 120 Å². The summed E-state index contributed by atoms with van der Waals surface area (Å²) in [5.74, 6) is 0. The van der Waals surface area contributed by atoms with Crippen molar-refractivity contribution < 1.29 is 0 Å². The number of benzene rings is 4. The molecule has 0 radical (unpaired) electrons. The summed E-state index contributed by atoms with van der Waals surface area (Å²) in [4.78, 5) is 0. The maximum atomic E-state index is 3.85. The molecule has 0 saturated heterocycles. The molecule has 10 heteroatoms. The number of rotatable bonds is 42. The molecule has 10 N–H and O–H groups in total. The van der Waals surface area contributed by atoms with Gasteiger partial charge in [0.05, 0.1) is 12.1 Å². The summed E-state index contributed by atoms with van der Waals surface area (Å²) in [6.45, 7) is 25.7. The Kier molecular flexibility index (Phi) is 47.7. The Morgan fingerprint density at radius 3 is 1.02 bits per heavy atom. The van der Waals surface area contributed by atoms with E-state index in [1.807, 2.05) is 0 Å². The second-order valence-electron chi connectivity index (χ2n) is 30.5.